The molecule has 0 radical (unpaired) electrons. The summed E-state index contributed by atoms with van der Waals surface area (Å²) in [5.74, 6) is -0.228. The van der Waals surface area contributed by atoms with Gasteiger partial charge in [0.15, 0.2) is 0 Å². The maximum absolute atomic E-state index is 10.8. The SMILES string of the molecule is CCC(CC)(c1ccc(OC[C@H](O)CCC(=O)O)c(C)c1)c1ccc(-c2cccc(C(O)C(C)(C)C)c2)c(C)c1. The number of aliphatic carboxylic acids is 1. The average molecular weight is 547 g/mol. The Hall–Kier alpha value is -3.15. The number of carboxylic acid groups (broad SMARTS) is 1. The number of hydrogen-bond acceptors (Lipinski definition) is 4. The second-order valence-electron chi connectivity index (χ2n) is 12.1. The van der Waals surface area contributed by atoms with Gasteiger partial charge < -0.3 is 20.1 Å². The van der Waals surface area contributed by atoms with Crippen LogP contribution in [-0.4, -0.2) is 34.0 Å². The smallest absolute Gasteiger partial charge is 0.303 e. The third-order valence-electron chi connectivity index (χ3n) is 8.17. The maximum Gasteiger partial charge on any atom is 0.303 e. The molecular formula is C35H46O5. The maximum atomic E-state index is 10.8. The number of rotatable bonds is 12. The van der Waals surface area contributed by atoms with Crippen molar-refractivity contribution in [3.05, 3.63) is 88.5 Å². The largest absolute Gasteiger partial charge is 0.491 e. The molecule has 0 spiro atoms. The van der Waals surface area contributed by atoms with Gasteiger partial charge in [-0.2, -0.15) is 0 Å². The molecule has 2 atom stereocenters. The quantitative estimate of drug-likeness (QED) is 0.216. The Morgan fingerprint density at radius 1 is 0.875 bits per heavy atom. The number of hydrogen-bond donors (Lipinski definition) is 3. The van der Waals surface area contributed by atoms with Crippen LogP contribution >= 0.6 is 0 Å². The zero-order valence-electron chi connectivity index (χ0n) is 25.1. The summed E-state index contributed by atoms with van der Waals surface area (Å²) in [5, 5.41) is 29.7. The summed E-state index contributed by atoms with van der Waals surface area (Å²) >= 11 is 0. The van der Waals surface area contributed by atoms with Gasteiger partial charge in [-0.3, -0.25) is 4.79 Å². The molecule has 0 saturated carbocycles. The number of aliphatic hydroxyl groups is 2. The highest BCUT2D eigenvalue weighted by Gasteiger charge is 2.32. The van der Waals surface area contributed by atoms with Gasteiger partial charge in [-0.1, -0.05) is 83.1 Å². The van der Waals surface area contributed by atoms with E-state index in [0.29, 0.717) is 5.75 Å². The molecule has 0 saturated heterocycles. The molecule has 0 aromatic heterocycles. The molecule has 1 unspecified atom stereocenters. The van der Waals surface area contributed by atoms with Gasteiger partial charge in [0.1, 0.15) is 12.4 Å². The van der Waals surface area contributed by atoms with Gasteiger partial charge in [-0.25, -0.2) is 0 Å². The number of benzene rings is 3. The first-order valence-corrected chi connectivity index (χ1v) is 14.4. The molecule has 0 aliphatic heterocycles. The molecule has 0 aliphatic rings. The fraction of sp³-hybridized carbons (Fsp3) is 0.457. The van der Waals surface area contributed by atoms with Crippen LogP contribution in [0.25, 0.3) is 11.1 Å². The normalized spacial score (nSPS) is 13.6. The molecule has 3 rings (SSSR count). The Kier molecular flexibility index (Phi) is 10.2. The Labute approximate surface area is 239 Å². The topological polar surface area (TPSA) is 87.0 Å². The molecule has 3 N–H and O–H groups in total. The molecule has 216 valence electrons. The summed E-state index contributed by atoms with van der Waals surface area (Å²) in [7, 11) is 0. The van der Waals surface area contributed by atoms with Crippen LogP contribution in [-0.2, 0) is 10.2 Å². The highest BCUT2D eigenvalue weighted by atomic mass is 16.5. The second kappa shape index (κ2) is 13.0. The summed E-state index contributed by atoms with van der Waals surface area (Å²) in [5.41, 5.74) is 7.45. The first-order valence-electron chi connectivity index (χ1n) is 14.4. The lowest BCUT2D eigenvalue weighted by Crippen LogP contribution is -2.26. The third-order valence-corrected chi connectivity index (χ3v) is 8.17. The Balaban J connectivity index is 1.90. The molecule has 0 aliphatic carbocycles. The van der Waals surface area contributed by atoms with Crippen molar-refractivity contribution in [1.82, 2.24) is 0 Å². The second-order valence-corrected chi connectivity index (χ2v) is 12.1. The highest BCUT2D eigenvalue weighted by molar-refractivity contribution is 5.69. The Morgan fingerprint density at radius 2 is 1.50 bits per heavy atom. The molecule has 3 aromatic rings. The standard InChI is InChI=1S/C35H46O5/c1-8-35(9-2,28-14-17-31(24(4)20-28)40-22-29(36)15-18-32(37)38)27-13-16-30(23(3)19-27)25-11-10-12-26(21-25)33(39)34(5,6)7/h10-14,16-17,19-21,29,33,36,39H,8-9,15,18,22H2,1-7H3,(H,37,38)/t29-,33?/m1/s1. The van der Waals surface area contributed by atoms with Crippen LogP contribution in [0.4, 0.5) is 0 Å². The summed E-state index contributed by atoms with van der Waals surface area (Å²) in [4.78, 5) is 10.8. The van der Waals surface area contributed by atoms with Crippen molar-refractivity contribution in [3.63, 3.8) is 0 Å². The summed E-state index contributed by atoms with van der Waals surface area (Å²) < 4.78 is 5.84. The number of carbonyl (C=O) groups is 1. The van der Waals surface area contributed by atoms with Crippen molar-refractivity contribution in [2.75, 3.05) is 6.61 Å². The summed E-state index contributed by atoms with van der Waals surface area (Å²) in [6.45, 7) is 14.8. The van der Waals surface area contributed by atoms with Gasteiger partial charge >= 0.3 is 5.97 Å². The van der Waals surface area contributed by atoms with Crippen LogP contribution in [0.15, 0.2) is 60.7 Å². The average Bonchev–Trinajstić information content (AvgIpc) is 2.91. The van der Waals surface area contributed by atoms with Crippen molar-refractivity contribution < 1.29 is 24.9 Å². The molecule has 5 heteroatoms. The minimum absolute atomic E-state index is 0.0643. The van der Waals surface area contributed by atoms with Crippen molar-refractivity contribution >= 4 is 5.97 Å². The number of carboxylic acids is 1. The molecule has 5 nitrogen and oxygen atoms in total. The summed E-state index contributed by atoms with van der Waals surface area (Å²) in [6.07, 6.45) is 0.590. The Morgan fingerprint density at radius 3 is 2.05 bits per heavy atom. The van der Waals surface area contributed by atoms with E-state index in [0.717, 1.165) is 35.1 Å². The Bertz CT molecular complexity index is 1300. The minimum Gasteiger partial charge on any atom is -0.491 e. The van der Waals surface area contributed by atoms with Crippen LogP contribution in [0.2, 0.25) is 0 Å². The monoisotopic (exact) mass is 546 g/mol. The molecule has 0 fully saturated rings. The zero-order valence-corrected chi connectivity index (χ0v) is 25.1. The fourth-order valence-corrected chi connectivity index (χ4v) is 5.56. The first-order chi connectivity index (χ1) is 18.8. The van der Waals surface area contributed by atoms with Gasteiger partial charge in [0.05, 0.1) is 12.2 Å². The predicted molar refractivity (Wildman–Crippen MR) is 162 cm³/mol. The third kappa shape index (κ3) is 7.13. The van der Waals surface area contributed by atoms with E-state index < -0.39 is 18.2 Å². The van der Waals surface area contributed by atoms with Crippen molar-refractivity contribution in [2.24, 2.45) is 5.41 Å². The lowest BCUT2D eigenvalue weighted by atomic mass is 9.69. The van der Waals surface area contributed by atoms with Crippen LogP contribution in [0.3, 0.4) is 0 Å². The minimum atomic E-state index is -0.925. The number of aryl methyl sites for hydroxylation is 2. The van der Waals surface area contributed by atoms with Gasteiger partial charge in [0.2, 0.25) is 0 Å². The van der Waals surface area contributed by atoms with E-state index >= 15 is 0 Å². The van der Waals surface area contributed by atoms with E-state index in [1.165, 1.54) is 16.7 Å². The first kappa shape index (κ1) is 31.4. The van der Waals surface area contributed by atoms with E-state index in [1.807, 2.05) is 45.9 Å². The van der Waals surface area contributed by atoms with Crippen LogP contribution in [0.5, 0.6) is 5.75 Å². The number of aliphatic hydroxyl groups excluding tert-OH is 2. The fourth-order valence-electron chi connectivity index (χ4n) is 5.56. The summed E-state index contributed by atoms with van der Waals surface area (Å²) in [6, 6.07) is 21.2. The van der Waals surface area contributed by atoms with E-state index in [9.17, 15) is 15.0 Å². The van der Waals surface area contributed by atoms with Crippen LogP contribution in [0, 0.1) is 19.3 Å². The van der Waals surface area contributed by atoms with Crippen LogP contribution < -0.4 is 4.74 Å². The number of ether oxygens (including phenoxy) is 1. The lowest BCUT2D eigenvalue weighted by Gasteiger charge is -2.34. The van der Waals surface area contributed by atoms with Gasteiger partial charge in [-0.15, -0.1) is 0 Å². The van der Waals surface area contributed by atoms with Crippen LogP contribution in [0.1, 0.15) is 94.2 Å². The van der Waals surface area contributed by atoms with Gasteiger partial charge in [0.25, 0.3) is 0 Å². The molecule has 0 bridgehead atoms. The van der Waals surface area contributed by atoms with Crippen molar-refractivity contribution in [3.8, 4) is 16.9 Å². The molecular weight excluding hydrogens is 500 g/mol. The van der Waals surface area contributed by atoms with E-state index in [2.05, 4.69) is 63.2 Å². The van der Waals surface area contributed by atoms with E-state index in [-0.39, 0.29) is 30.3 Å². The van der Waals surface area contributed by atoms with Gasteiger partial charge in [-0.05, 0) is 89.6 Å². The van der Waals surface area contributed by atoms with Gasteiger partial charge in [0, 0.05) is 11.8 Å². The van der Waals surface area contributed by atoms with Crippen molar-refractivity contribution in [1.29, 1.82) is 0 Å². The molecule has 0 heterocycles. The zero-order chi connectivity index (χ0) is 29.7. The highest BCUT2D eigenvalue weighted by Crippen LogP contribution is 2.42. The van der Waals surface area contributed by atoms with E-state index in [1.54, 1.807) is 0 Å². The predicted octanol–water partition coefficient (Wildman–Crippen LogP) is 7.76. The molecule has 40 heavy (non-hydrogen) atoms. The molecule has 0 amide bonds. The molecule has 3 aromatic carbocycles. The lowest BCUT2D eigenvalue weighted by molar-refractivity contribution is -0.137. The van der Waals surface area contributed by atoms with Crippen molar-refractivity contribution in [2.45, 2.75) is 91.8 Å². The van der Waals surface area contributed by atoms with E-state index in [4.69, 9.17) is 9.84 Å².